The third kappa shape index (κ3) is 5.49. The minimum absolute atomic E-state index is 0.0963. The molecule has 1 aromatic rings. The average molecular weight is 316 g/mol. The summed E-state index contributed by atoms with van der Waals surface area (Å²) in [7, 11) is 0. The van der Waals surface area contributed by atoms with E-state index in [1.54, 1.807) is 6.07 Å². The van der Waals surface area contributed by atoms with Crippen molar-refractivity contribution in [1.82, 2.24) is 5.32 Å². The summed E-state index contributed by atoms with van der Waals surface area (Å²) in [5.41, 5.74) is 0.829. The van der Waals surface area contributed by atoms with E-state index in [2.05, 4.69) is 35.1 Å². The molecule has 102 valence electrons. The van der Waals surface area contributed by atoms with Crippen LogP contribution in [0.3, 0.4) is 0 Å². The molecular formula is C15H23BrFN. The van der Waals surface area contributed by atoms with Crippen LogP contribution in [0.2, 0.25) is 0 Å². The first-order valence-corrected chi connectivity index (χ1v) is 7.61. The molecule has 0 aliphatic heterocycles. The van der Waals surface area contributed by atoms with Gasteiger partial charge in [0.1, 0.15) is 5.82 Å². The first kappa shape index (κ1) is 15.6. The molecule has 0 aliphatic rings. The molecule has 0 spiro atoms. The molecule has 1 unspecified atom stereocenters. The fraction of sp³-hybridized carbons (Fsp3) is 0.600. The first-order valence-electron chi connectivity index (χ1n) is 6.82. The van der Waals surface area contributed by atoms with E-state index in [0.29, 0.717) is 5.92 Å². The molecule has 1 rings (SSSR count). The monoisotopic (exact) mass is 315 g/mol. The average Bonchev–Trinajstić information content (AvgIpc) is 2.33. The maximum atomic E-state index is 13.8. The molecule has 1 nitrogen and oxygen atoms in total. The van der Waals surface area contributed by atoms with Gasteiger partial charge >= 0.3 is 0 Å². The Balaban J connectivity index is 2.58. The lowest BCUT2D eigenvalue weighted by atomic mass is 9.94. The topological polar surface area (TPSA) is 12.0 Å². The Kier molecular flexibility index (Phi) is 7.52. The highest BCUT2D eigenvalue weighted by Gasteiger charge is 2.11. The molecule has 0 fully saturated rings. The third-order valence-corrected chi connectivity index (χ3v) is 3.57. The predicted octanol–water partition coefficient (Wildman–Crippen LogP) is 4.55. The van der Waals surface area contributed by atoms with Gasteiger partial charge in [0.2, 0.25) is 0 Å². The molecule has 3 heteroatoms. The molecule has 0 saturated heterocycles. The zero-order valence-electron chi connectivity index (χ0n) is 11.3. The van der Waals surface area contributed by atoms with E-state index in [9.17, 15) is 4.39 Å². The van der Waals surface area contributed by atoms with Crippen molar-refractivity contribution >= 4 is 15.9 Å². The summed E-state index contributed by atoms with van der Waals surface area (Å²) >= 11 is 3.29. The zero-order valence-corrected chi connectivity index (χ0v) is 12.9. The standard InChI is InChI=1S/C15H23BrFN/c1-3-5-12(11-18-8-4-2)9-13-6-7-14(16)10-15(13)17/h6-7,10,12,18H,3-5,8-9,11H2,1-2H3. The molecule has 0 bridgehead atoms. The van der Waals surface area contributed by atoms with Crippen LogP contribution in [0, 0.1) is 11.7 Å². The van der Waals surface area contributed by atoms with Crippen LogP contribution in [0.5, 0.6) is 0 Å². The van der Waals surface area contributed by atoms with Crippen LogP contribution >= 0.6 is 15.9 Å². The Labute approximate surface area is 118 Å². The minimum atomic E-state index is -0.0963. The van der Waals surface area contributed by atoms with Gasteiger partial charge in [-0.3, -0.25) is 0 Å². The quantitative estimate of drug-likeness (QED) is 0.694. The van der Waals surface area contributed by atoms with Crippen molar-refractivity contribution in [2.45, 2.75) is 39.5 Å². The van der Waals surface area contributed by atoms with E-state index in [4.69, 9.17) is 0 Å². The van der Waals surface area contributed by atoms with Crippen molar-refractivity contribution in [1.29, 1.82) is 0 Å². The van der Waals surface area contributed by atoms with Crippen molar-refractivity contribution in [3.8, 4) is 0 Å². The van der Waals surface area contributed by atoms with Gasteiger partial charge in [-0.2, -0.15) is 0 Å². The molecule has 0 amide bonds. The lowest BCUT2D eigenvalue weighted by Crippen LogP contribution is -2.25. The molecule has 0 aliphatic carbocycles. The van der Waals surface area contributed by atoms with Crippen molar-refractivity contribution in [2.24, 2.45) is 5.92 Å². The summed E-state index contributed by atoms with van der Waals surface area (Å²) in [6.07, 6.45) is 4.26. The maximum Gasteiger partial charge on any atom is 0.127 e. The van der Waals surface area contributed by atoms with Gasteiger partial charge < -0.3 is 5.32 Å². The van der Waals surface area contributed by atoms with E-state index >= 15 is 0 Å². The van der Waals surface area contributed by atoms with Crippen molar-refractivity contribution in [2.75, 3.05) is 13.1 Å². The van der Waals surface area contributed by atoms with Gasteiger partial charge in [-0.25, -0.2) is 4.39 Å². The van der Waals surface area contributed by atoms with Crippen molar-refractivity contribution in [3.05, 3.63) is 34.1 Å². The molecule has 1 atom stereocenters. The summed E-state index contributed by atoms with van der Waals surface area (Å²) in [5, 5.41) is 3.44. The lowest BCUT2D eigenvalue weighted by molar-refractivity contribution is 0.431. The summed E-state index contributed by atoms with van der Waals surface area (Å²) in [6.45, 7) is 6.38. The van der Waals surface area contributed by atoms with Gasteiger partial charge in [-0.05, 0) is 56.0 Å². The van der Waals surface area contributed by atoms with Gasteiger partial charge in [0, 0.05) is 4.47 Å². The highest BCUT2D eigenvalue weighted by molar-refractivity contribution is 9.10. The largest absolute Gasteiger partial charge is 0.316 e. The van der Waals surface area contributed by atoms with E-state index in [1.807, 2.05) is 12.1 Å². The van der Waals surface area contributed by atoms with Crippen LogP contribution in [0.1, 0.15) is 38.7 Å². The predicted molar refractivity (Wildman–Crippen MR) is 79.4 cm³/mol. The smallest absolute Gasteiger partial charge is 0.127 e. The Hall–Kier alpha value is -0.410. The maximum absolute atomic E-state index is 13.8. The first-order chi connectivity index (χ1) is 8.67. The zero-order chi connectivity index (χ0) is 13.4. The van der Waals surface area contributed by atoms with Crippen LogP contribution in [0.15, 0.2) is 22.7 Å². The van der Waals surface area contributed by atoms with Crippen LogP contribution in [-0.2, 0) is 6.42 Å². The second-order valence-corrected chi connectivity index (χ2v) is 5.71. The van der Waals surface area contributed by atoms with E-state index < -0.39 is 0 Å². The minimum Gasteiger partial charge on any atom is -0.316 e. The van der Waals surface area contributed by atoms with E-state index in [-0.39, 0.29) is 5.82 Å². The molecule has 0 heterocycles. The van der Waals surface area contributed by atoms with Gasteiger partial charge in [-0.1, -0.05) is 42.3 Å². The number of halogens is 2. The van der Waals surface area contributed by atoms with Crippen LogP contribution < -0.4 is 5.32 Å². The Bertz CT molecular complexity index is 354. The molecule has 0 radical (unpaired) electrons. The summed E-state index contributed by atoms with van der Waals surface area (Å²) < 4.78 is 14.6. The highest BCUT2D eigenvalue weighted by Crippen LogP contribution is 2.20. The van der Waals surface area contributed by atoms with E-state index in [0.717, 1.165) is 48.8 Å². The second-order valence-electron chi connectivity index (χ2n) is 4.80. The fourth-order valence-corrected chi connectivity index (χ4v) is 2.50. The molecular weight excluding hydrogens is 293 g/mol. The normalized spacial score (nSPS) is 12.7. The summed E-state index contributed by atoms with van der Waals surface area (Å²) in [4.78, 5) is 0. The van der Waals surface area contributed by atoms with Crippen LogP contribution in [-0.4, -0.2) is 13.1 Å². The molecule has 0 saturated carbocycles. The lowest BCUT2D eigenvalue weighted by Gasteiger charge is -2.17. The number of hydrogen-bond donors (Lipinski definition) is 1. The third-order valence-electron chi connectivity index (χ3n) is 3.08. The van der Waals surface area contributed by atoms with Crippen LogP contribution in [0.4, 0.5) is 4.39 Å². The van der Waals surface area contributed by atoms with Gasteiger partial charge in [0.25, 0.3) is 0 Å². The molecule has 1 N–H and O–H groups in total. The molecule has 1 aromatic carbocycles. The summed E-state index contributed by atoms with van der Waals surface area (Å²) in [6, 6.07) is 5.36. The number of hydrogen-bond acceptors (Lipinski definition) is 1. The Morgan fingerprint density at radius 3 is 2.67 bits per heavy atom. The van der Waals surface area contributed by atoms with Crippen molar-refractivity contribution < 1.29 is 4.39 Å². The fourth-order valence-electron chi connectivity index (χ4n) is 2.17. The van der Waals surface area contributed by atoms with Crippen LogP contribution in [0.25, 0.3) is 0 Å². The highest BCUT2D eigenvalue weighted by atomic mass is 79.9. The number of rotatable bonds is 8. The number of benzene rings is 1. The van der Waals surface area contributed by atoms with E-state index in [1.165, 1.54) is 0 Å². The Morgan fingerprint density at radius 1 is 1.28 bits per heavy atom. The van der Waals surface area contributed by atoms with Crippen molar-refractivity contribution in [3.63, 3.8) is 0 Å². The van der Waals surface area contributed by atoms with Gasteiger partial charge in [-0.15, -0.1) is 0 Å². The molecule has 0 aromatic heterocycles. The van der Waals surface area contributed by atoms with Gasteiger partial charge in [0.05, 0.1) is 0 Å². The summed E-state index contributed by atoms with van der Waals surface area (Å²) in [5.74, 6) is 0.429. The second kappa shape index (κ2) is 8.65. The van der Waals surface area contributed by atoms with Gasteiger partial charge in [0.15, 0.2) is 0 Å². The Morgan fingerprint density at radius 2 is 2.06 bits per heavy atom. The number of nitrogens with one attached hydrogen (secondary N) is 1. The SMILES string of the molecule is CCCNCC(CCC)Cc1ccc(Br)cc1F. The molecule has 18 heavy (non-hydrogen) atoms.